The van der Waals surface area contributed by atoms with Crippen molar-refractivity contribution in [2.45, 2.75) is 44.1 Å². The van der Waals surface area contributed by atoms with E-state index in [4.69, 9.17) is 0 Å². The Labute approximate surface area is 158 Å². The van der Waals surface area contributed by atoms with E-state index >= 15 is 0 Å². The number of H-pyrrole nitrogens is 1. The van der Waals surface area contributed by atoms with E-state index in [9.17, 15) is 4.79 Å². The number of anilines is 1. The topological polar surface area (TPSA) is 61.0 Å². The Kier molecular flexibility index (Phi) is 4.07. The fraction of sp³-hybridized carbons (Fsp3) is 0.364. The van der Waals surface area contributed by atoms with Gasteiger partial charge in [-0.15, -0.1) is 0 Å². The Morgan fingerprint density at radius 1 is 0.963 bits per heavy atom. The second-order valence-electron chi connectivity index (χ2n) is 7.68. The first-order valence-electron chi connectivity index (χ1n) is 9.90. The summed E-state index contributed by atoms with van der Waals surface area (Å²) in [7, 11) is 0. The molecule has 0 bridgehead atoms. The minimum absolute atomic E-state index is 0.00861. The van der Waals surface area contributed by atoms with Gasteiger partial charge in [0.1, 0.15) is 0 Å². The van der Waals surface area contributed by atoms with Gasteiger partial charge in [0.2, 0.25) is 0 Å². The quantitative estimate of drug-likeness (QED) is 0.699. The highest BCUT2D eigenvalue weighted by Gasteiger charge is 2.33. The van der Waals surface area contributed by atoms with E-state index < -0.39 is 0 Å². The van der Waals surface area contributed by atoms with Crippen LogP contribution in [-0.2, 0) is 0 Å². The summed E-state index contributed by atoms with van der Waals surface area (Å²) in [5.74, 6) is 0.703. The van der Waals surface area contributed by atoms with Gasteiger partial charge >= 0.3 is 6.03 Å². The number of hydrogen-bond acceptors (Lipinski definition) is 2. The zero-order valence-corrected chi connectivity index (χ0v) is 15.3. The molecule has 2 amide bonds. The van der Waals surface area contributed by atoms with Crippen molar-refractivity contribution in [3.8, 4) is 0 Å². The molecule has 5 rings (SSSR count). The Hall–Kier alpha value is -2.82. The molecular formula is C22H24N4O. The first kappa shape index (κ1) is 16.4. The summed E-state index contributed by atoms with van der Waals surface area (Å²) in [6, 6.07) is 14.8. The van der Waals surface area contributed by atoms with Gasteiger partial charge in [-0.05, 0) is 48.1 Å². The second kappa shape index (κ2) is 6.72. The summed E-state index contributed by atoms with van der Waals surface area (Å²) in [5, 5.41) is 3.00. The van der Waals surface area contributed by atoms with Gasteiger partial charge < -0.3 is 10.3 Å². The molecule has 1 aliphatic heterocycles. The average molecular weight is 360 g/mol. The lowest BCUT2D eigenvalue weighted by Gasteiger charge is -2.25. The van der Waals surface area contributed by atoms with Crippen molar-refractivity contribution < 1.29 is 4.79 Å². The lowest BCUT2D eigenvalue weighted by Crippen LogP contribution is -2.29. The molecule has 1 saturated heterocycles. The Morgan fingerprint density at radius 3 is 2.56 bits per heavy atom. The first-order chi connectivity index (χ1) is 13.3. The molecule has 0 radical (unpaired) electrons. The van der Waals surface area contributed by atoms with Gasteiger partial charge in [-0.3, -0.25) is 4.90 Å². The van der Waals surface area contributed by atoms with Crippen LogP contribution in [-0.4, -0.2) is 22.5 Å². The summed E-state index contributed by atoms with van der Waals surface area (Å²) in [4.78, 5) is 21.8. The summed E-state index contributed by atoms with van der Waals surface area (Å²) in [6.45, 7) is 0.625. The van der Waals surface area contributed by atoms with Crippen LogP contribution in [0, 0.1) is 0 Å². The van der Waals surface area contributed by atoms with Crippen LogP contribution in [0.5, 0.6) is 0 Å². The van der Waals surface area contributed by atoms with Crippen LogP contribution in [0.2, 0.25) is 0 Å². The number of benzene rings is 2. The van der Waals surface area contributed by atoms with E-state index in [0.29, 0.717) is 12.5 Å². The van der Waals surface area contributed by atoms with Crippen LogP contribution < -0.4 is 10.2 Å². The summed E-state index contributed by atoms with van der Waals surface area (Å²) in [5.41, 5.74) is 5.35. The highest BCUT2D eigenvalue weighted by molar-refractivity contribution is 5.97. The Balaban J connectivity index is 1.43. The number of amides is 2. The van der Waals surface area contributed by atoms with Crippen LogP contribution in [0.25, 0.3) is 11.0 Å². The molecule has 2 aromatic carbocycles. The smallest absolute Gasteiger partial charge is 0.322 e. The zero-order chi connectivity index (χ0) is 18.2. The van der Waals surface area contributed by atoms with Gasteiger partial charge in [-0.1, -0.05) is 43.5 Å². The van der Waals surface area contributed by atoms with E-state index in [2.05, 4.69) is 39.6 Å². The normalized spacial score (nSPS) is 21.0. The van der Waals surface area contributed by atoms with E-state index in [1.807, 2.05) is 23.1 Å². The molecule has 27 heavy (non-hydrogen) atoms. The minimum atomic E-state index is -0.0498. The van der Waals surface area contributed by atoms with Gasteiger partial charge in [0.25, 0.3) is 0 Å². The molecule has 2 N–H and O–H groups in total. The maximum absolute atomic E-state index is 12.5. The maximum atomic E-state index is 12.5. The van der Waals surface area contributed by atoms with Crippen molar-refractivity contribution in [2.24, 2.45) is 0 Å². The van der Waals surface area contributed by atoms with E-state index in [0.717, 1.165) is 16.7 Å². The van der Waals surface area contributed by atoms with Crippen molar-refractivity contribution in [3.63, 3.8) is 0 Å². The Morgan fingerprint density at radius 2 is 1.74 bits per heavy atom. The third-order valence-corrected chi connectivity index (χ3v) is 6.06. The van der Waals surface area contributed by atoms with Gasteiger partial charge in [0, 0.05) is 12.2 Å². The lowest BCUT2D eigenvalue weighted by atomic mass is 9.83. The predicted molar refractivity (Wildman–Crippen MR) is 107 cm³/mol. The average Bonchev–Trinajstić information content (AvgIpc) is 3.34. The summed E-state index contributed by atoms with van der Waals surface area (Å²) in [6.07, 6.45) is 8.35. The van der Waals surface area contributed by atoms with Gasteiger partial charge in [-0.2, -0.15) is 0 Å². The van der Waals surface area contributed by atoms with Crippen molar-refractivity contribution in [1.29, 1.82) is 0 Å². The number of rotatable bonds is 3. The molecule has 5 nitrogen and oxygen atoms in total. The lowest BCUT2D eigenvalue weighted by molar-refractivity contribution is 0.251. The molecule has 1 aromatic heterocycles. The molecule has 3 aromatic rings. The maximum Gasteiger partial charge on any atom is 0.322 e. The Bertz CT molecular complexity index is 956. The second-order valence-corrected chi connectivity index (χ2v) is 7.68. The molecule has 138 valence electrons. The first-order valence-corrected chi connectivity index (χ1v) is 9.90. The van der Waals surface area contributed by atoms with Gasteiger partial charge in [0.15, 0.2) is 0 Å². The number of hydrogen-bond donors (Lipinski definition) is 2. The highest BCUT2D eigenvalue weighted by Crippen LogP contribution is 2.35. The molecule has 1 aliphatic carbocycles. The van der Waals surface area contributed by atoms with Crippen molar-refractivity contribution in [3.05, 3.63) is 59.9 Å². The number of urea groups is 1. The number of fused-ring (bicyclic) bond motifs is 1. The molecule has 2 fully saturated rings. The van der Waals surface area contributed by atoms with Crippen LogP contribution >= 0.6 is 0 Å². The van der Waals surface area contributed by atoms with Crippen LogP contribution in [0.1, 0.15) is 55.2 Å². The van der Waals surface area contributed by atoms with Crippen molar-refractivity contribution in [1.82, 2.24) is 15.3 Å². The standard InChI is InChI=1S/C22H24N4O/c27-22-23-13-21(26(22)18-10-11-19-20(12-18)25-14-24-19)17-8-6-16(7-9-17)15-4-2-1-3-5-15/h6-12,14-15,21H,1-5,13H2,(H,23,27)(H,24,25). The van der Waals surface area contributed by atoms with Gasteiger partial charge in [-0.25, -0.2) is 9.78 Å². The highest BCUT2D eigenvalue weighted by atomic mass is 16.2. The molecule has 1 unspecified atom stereocenters. The number of aromatic nitrogens is 2. The third kappa shape index (κ3) is 2.97. The third-order valence-electron chi connectivity index (χ3n) is 6.06. The summed E-state index contributed by atoms with van der Waals surface area (Å²) >= 11 is 0. The largest absolute Gasteiger partial charge is 0.345 e. The van der Waals surface area contributed by atoms with Crippen molar-refractivity contribution >= 4 is 22.8 Å². The molecular weight excluding hydrogens is 336 g/mol. The number of carbonyl (C=O) groups is 1. The zero-order valence-electron chi connectivity index (χ0n) is 15.3. The number of nitrogens with zero attached hydrogens (tertiary/aromatic N) is 2. The van der Waals surface area contributed by atoms with Gasteiger partial charge in [0.05, 0.1) is 23.4 Å². The monoisotopic (exact) mass is 360 g/mol. The van der Waals surface area contributed by atoms with Crippen LogP contribution in [0.4, 0.5) is 10.5 Å². The number of imidazole rings is 1. The van der Waals surface area contributed by atoms with E-state index in [1.54, 1.807) is 6.33 Å². The summed E-state index contributed by atoms with van der Waals surface area (Å²) < 4.78 is 0. The predicted octanol–water partition coefficient (Wildman–Crippen LogP) is 4.88. The SMILES string of the molecule is O=C1NCC(c2ccc(C3CCCCC3)cc2)N1c1ccc2[nH]cnc2c1. The van der Waals surface area contributed by atoms with Crippen molar-refractivity contribution in [2.75, 3.05) is 11.4 Å². The fourth-order valence-corrected chi connectivity index (χ4v) is 4.56. The molecule has 1 atom stereocenters. The molecule has 0 spiro atoms. The number of carbonyl (C=O) groups excluding carboxylic acids is 1. The number of aromatic amines is 1. The number of nitrogens with one attached hydrogen (secondary N) is 2. The van der Waals surface area contributed by atoms with E-state index in [-0.39, 0.29) is 12.1 Å². The molecule has 1 saturated carbocycles. The van der Waals surface area contributed by atoms with Crippen LogP contribution in [0.15, 0.2) is 48.8 Å². The molecule has 2 aliphatic rings. The van der Waals surface area contributed by atoms with E-state index in [1.165, 1.54) is 43.2 Å². The fourth-order valence-electron chi connectivity index (χ4n) is 4.56. The molecule has 5 heteroatoms. The van der Waals surface area contributed by atoms with Crippen LogP contribution in [0.3, 0.4) is 0 Å². The molecule has 2 heterocycles. The minimum Gasteiger partial charge on any atom is -0.345 e.